The summed E-state index contributed by atoms with van der Waals surface area (Å²) in [5.74, 6) is -1.26. The summed E-state index contributed by atoms with van der Waals surface area (Å²) < 4.78 is 6.56. The Morgan fingerprint density at radius 2 is 1.54 bits per heavy atom. The van der Waals surface area contributed by atoms with E-state index in [1.54, 1.807) is 6.20 Å². The van der Waals surface area contributed by atoms with Gasteiger partial charge in [0, 0.05) is 23.4 Å². The van der Waals surface area contributed by atoms with Gasteiger partial charge in [0.25, 0.3) is 0 Å². The molecule has 0 aliphatic heterocycles. The molecular formula is C36H60N2O7S. The van der Waals surface area contributed by atoms with Gasteiger partial charge >= 0.3 is 17.9 Å². The van der Waals surface area contributed by atoms with Gasteiger partial charge in [0.15, 0.2) is 0 Å². The maximum Gasteiger partial charge on any atom is 0.342 e. The highest BCUT2D eigenvalue weighted by atomic mass is 32.2. The fourth-order valence-corrected chi connectivity index (χ4v) is 8.06. The Bertz CT molecular complexity index is 1180. The van der Waals surface area contributed by atoms with Crippen molar-refractivity contribution in [3.63, 3.8) is 0 Å². The van der Waals surface area contributed by atoms with Gasteiger partial charge in [-0.25, -0.2) is 4.79 Å². The highest BCUT2D eigenvalue weighted by Gasteiger charge is 2.48. The number of carbonyl (C=O) groups is 4. The van der Waals surface area contributed by atoms with E-state index in [1.807, 2.05) is 27.7 Å². The molecule has 0 bridgehead atoms. The minimum absolute atomic E-state index is 0.0137. The van der Waals surface area contributed by atoms with Crippen molar-refractivity contribution in [2.45, 2.75) is 138 Å². The largest absolute Gasteiger partial charge is 0.481 e. The molecule has 1 heterocycles. The van der Waals surface area contributed by atoms with E-state index in [0.29, 0.717) is 48.7 Å². The molecule has 10 heteroatoms. The molecule has 1 fully saturated rings. The standard InChI is InChI=1S/C36H60N2O7S/c1-12-36(13-2,15-14-16-46-26(31(41)42)19-27(39)40)33(44)38-30-28(23(20-37-30)21(3)4)32(43)45-29-24(34(6,7)8)17-22(5)18-25(29)35(9,10)11/h20-22,24-26,29,37H,12-19H2,1-11H3,(H,38,44)(H,39,40)(H,41,42). The number of aliphatic carboxylic acids is 2. The number of nitrogens with one attached hydrogen (secondary N) is 2. The van der Waals surface area contributed by atoms with Gasteiger partial charge in [-0.05, 0) is 72.5 Å². The molecule has 1 aromatic heterocycles. The molecule has 4 N–H and O–H groups in total. The number of carboxylic acid groups (broad SMARTS) is 2. The Morgan fingerprint density at radius 3 is 1.98 bits per heavy atom. The molecule has 3 atom stereocenters. The monoisotopic (exact) mass is 664 g/mol. The highest BCUT2D eigenvalue weighted by Crippen LogP contribution is 2.50. The summed E-state index contributed by atoms with van der Waals surface area (Å²) in [5.41, 5.74) is 0.300. The van der Waals surface area contributed by atoms with Crippen molar-refractivity contribution in [1.29, 1.82) is 0 Å². The third-order valence-corrected chi connectivity index (χ3v) is 11.4. The summed E-state index contributed by atoms with van der Waals surface area (Å²) in [6, 6.07) is 0. The number of ether oxygens (including phenoxy) is 1. The average molecular weight is 665 g/mol. The van der Waals surface area contributed by atoms with E-state index in [2.05, 4.69) is 58.8 Å². The van der Waals surface area contributed by atoms with Crippen molar-refractivity contribution in [3.8, 4) is 0 Å². The third kappa shape index (κ3) is 10.0. The Morgan fingerprint density at radius 1 is 1.00 bits per heavy atom. The van der Waals surface area contributed by atoms with Crippen molar-refractivity contribution >= 4 is 41.4 Å². The zero-order valence-electron chi connectivity index (χ0n) is 30.0. The molecule has 1 aromatic rings. The van der Waals surface area contributed by atoms with Crippen LogP contribution in [0.3, 0.4) is 0 Å². The maximum absolute atomic E-state index is 14.2. The molecule has 1 amide bonds. The molecule has 2 rings (SSSR count). The Hall–Kier alpha value is -2.49. The number of aromatic nitrogens is 1. The Balaban J connectivity index is 2.36. The number of rotatable bonds is 15. The first-order valence-electron chi connectivity index (χ1n) is 17.0. The van der Waals surface area contributed by atoms with Crippen LogP contribution in [0, 0.1) is 34.0 Å². The van der Waals surface area contributed by atoms with Gasteiger partial charge in [0.1, 0.15) is 22.7 Å². The molecule has 0 aromatic carbocycles. The van der Waals surface area contributed by atoms with E-state index < -0.39 is 35.0 Å². The van der Waals surface area contributed by atoms with Gasteiger partial charge in [-0.1, -0.05) is 76.2 Å². The van der Waals surface area contributed by atoms with Crippen LogP contribution in [-0.4, -0.2) is 56.1 Å². The molecule has 0 spiro atoms. The van der Waals surface area contributed by atoms with E-state index in [-0.39, 0.29) is 40.6 Å². The second kappa shape index (κ2) is 16.1. The summed E-state index contributed by atoms with van der Waals surface area (Å²) in [6.07, 6.45) is 5.18. The summed E-state index contributed by atoms with van der Waals surface area (Å²) >= 11 is 1.09. The number of hydrogen-bond acceptors (Lipinski definition) is 6. The van der Waals surface area contributed by atoms with Crippen LogP contribution in [0.5, 0.6) is 0 Å². The second-order valence-corrected chi connectivity index (χ2v) is 17.2. The number of anilines is 1. The van der Waals surface area contributed by atoms with Crippen molar-refractivity contribution in [2.24, 2.45) is 34.0 Å². The van der Waals surface area contributed by atoms with Crippen LogP contribution >= 0.6 is 11.8 Å². The first-order valence-corrected chi connectivity index (χ1v) is 18.0. The topological polar surface area (TPSA) is 146 Å². The van der Waals surface area contributed by atoms with Crippen LogP contribution in [-0.2, 0) is 19.1 Å². The van der Waals surface area contributed by atoms with Crippen molar-refractivity contribution < 1.29 is 34.1 Å². The molecular weight excluding hydrogens is 604 g/mol. The molecule has 262 valence electrons. The first-order chi connectivity index (χ1) is 21.2. The van der Waals surface area contributed by atoms with Crippen LogP contribution in [0.1, 0.15) is 143 Å². The van der Waals surface area contributed by atoms with E-state index in [4.69, 9.17) is 9.84 Å². The number of thioether (sulfide) groups is 1. The van der Waals surface area contributed by atoms with E-state index in [9.17, 15) is 24.3 Å². The number of carboxylic acids is 2. The van der Waals surface area contributed by atoms with Crippen LogP contribution in [0.25, 0.3) is 0 Å². The SMILES string of the molecule is CCC(CC)(CCCSC(CC(=O)O)C(=O)O)C(=O)Nc1[nH]cc(C(C)C)c1C(=O)OC1C(C(C)(C)C)CC(C)CC1C(C)(C)C. The minimum Gasteiger partial charge on any atom is -0.481 e. The number of esters is 1. The van der Waals surface area contributed by atoms with Crippen molar-refractivity contribution in [3.05, 3.63) is 17.3 Å². The molecule has 9 nitrogen and oxygen atoms in total. The van der Waals surface area contributed by atoms with Crippen LogP contribution in [0.4, 0.5) is 5.82 Å². The van der Waals surface area contributed by atoms with Crippen LogP contribution in [0.15, 0.2) is 6.20 Å². The lowest BCUT2D eigenvalue weighted by Crippen LogP contribution is -2.49. The molecule has 46 heavy (non-hydrogen) atoms. The molecule has 0 saturated heterocycles. The maximum atomic E-state index is 14.2. The first kappa shape index (κ1) is 39.7. The van der Waals surface area contributed by atoms with Gasteiger partial charge < -0.3 is 25.3 Å². The molecule has 1 aliphatic rings. The van der Waals surface area contributed by atoms with Gasteiger partial charge in [-0.2, -0.15) is 0 Å². The fourth-order valence-electron chi connectivity index (χ4n) is 7.06. The molecule has 1 aliphatic carbocycles. The normalized spacial score (nSPS) is 21.6. The zero-order valence-corrected chi connectivity index (χ0v) is 30.9. The lowest BCUT2D eigenvalue weighted by Gasteiger charge is -2.50. The van der Waals surface area contributed by atoms with Gasteiger partial charge in [-0.3, -0.25) is 14.4 Å². The Kier molecular flexibility index (Phi) is 13.9. The molecule has 3 unspecified atom stereocenters. The van der Waals surface area contributed by atoms with E-state index >= 15 is 0 Å². The predicted octanol–water partition coefficient (Wildman–Crippen LogP) is 8.60. The third-order valence-electron chi connectivity index (χ3n) is 10.1. The number of H-pyrrole nitrogens is 1. The number of carbonyl (C=O) groups excluding carboxylic acids is 2. The summed E-state index contributed by atoms with van der Waals surface area (Å²) in [5, 5.41) is 20.4. The van der Waals surface area contributed by atoms with Gasteiger partial charge in [0.2, 0.25) is 5.91 Å². The average Bonchev–Trinajstić information content (AvgIpc) is 3.35. The van der Waals surface area contributed by atoms with Crippen LogP contribution < -0.4 is 5.32 Å². The minimum atomic E-state index is -1.15. The lowest BCUT2D eigenvalue weighted by atomic mass is 9.59. The van der Waals surface area contributed by atoms with Gasteiger partial charge in [-0.15, -0.1) is 11.8 Å². The number of amides is 1. The van der Waals surface area contributed by atoms with E-state index in [0.717, 1.165) is 30.2 Å². The zero-order chi connectivity index (χ0) is 35.2. The number of hydrogen-bond donors (Lipinski definition) is 4. The van der Waals surface area contributed by atoms with E-state index in [1.165, 1.54) is 0 Å². The smallest absolute Gasteiger partial charge is 0.342 e. The van der Waals surface area contributed by atoms with Gasteiger partial charge in [0.05, 0.1) is 6.42 Å². The fraction of sp³-hybridized carbons (Fsp3) is 0.778. The predicted molar refractivity (Wildman–Crippen MR) is 185 cm³/mol. The summed E-state index contributed by atoms with van der Waals surface area (Å²) in [6.45, 7) is 23.5. The quantitative estimate of drug-likeness (QED) is 0.108. The van der Waals surface area contributed by atoms with Crippen molar-refractivity contribution in [1.82, 2.24) is 4.98 Å². The lowest BCUT2D eigenvalue weighted by molar-refractivity contribution is -0.142. The Labute approximate surface area is 280 Å². The second-order valence-electron chi connectivity index (χ2n) is 15.9. The number of aromatic amines is 1. The molecule has 0 radical (unpaired) electrons. The summed E-state index contributed by atoms with van der Waals surface area (Å²) in [4.78, 5) is 53.9. The highest BCUT2D eigenvalue weighted by molar-refractivity contribution is 8.00. The molecule has 1 saturated carbocycles. The van der Waals surface area contributed by atoms with Crippen LogP contribution in [0.2, 0.25) is 0 Å². The summed E-state index contributed by atoms with van der Waals surface area (Å²) in [7, 11) is 0. The van der Waals surface area contributed by atoms with Crippen molar-refractivity contribution in [2.75, 3.05) is 11.1 Å².